The summed E-state index contributed by atoms with van der Waals surface area (Å²) < 4.78 is 1.87. The number of nitrogens with two attached hydrogens (primary N) is 1. The Morgan fingerprint density at radius 3 is 2.60 bits per heavy atom. The first-order valence-electron chi connectivity index (χ1n) is 6.54. The smallest absolute Gasteiger partial charge is 0.249 e. The van der Waals surface area contributed by atoms with E-state index in [0.717, 1.165) is 22.6 Å². The minimum absolute atomic E-state index is 0.403. The lowest BCUT2D eigenvalue weighted by Crippen LogP contribution is -2.14. The fraction of sp³-hybridized carbons (Fsp3) is 0.333. The van der Waals surface area contributed by atoms with Crippen molar-refractivity contribution in [2.75, 3.05) is 5.32 Å². The second-order valence-electron chi connectivity index (χ2n) is 4.97. The molecule has 20 heavy (non-hydrogen) atoms. The Labute approximate surface area is 118 Å². The van der Waals surface area contributed by atoms with E-state index in [-0.39, 0.29) is 0 Å². The number of hydrogen-bond acceptors (Lipinski definition) is 3. The number of carbonyl (C=O) groups excluding carboxylic acids is 1. The van der Waals surface area contributed by atoms with E-state index in [1.165, 1.54) is 5.56 Å². The molecular formula is C15H20N4O. The molecule has 0 unspecified atom stereocenters. The molecule has 0 radical (unpaired) electrons. The molecule has 1 aromatic carbocycles. The molecule has 2 rings (SSSR count). The van der Waals surface area contributed by atoms with Gasteiger partial charge in [-0.1, -0.05) is 6.07 Å². The van der Waals surface area contributed by atoms with Crippen LogP contribution in [0.1, 0.15) is 32.9 Å². The molecule has 0 aliphatic heterocycles. The lowest BCUT2D eigenvalue weighted by molar-refractivity contribution is 0.1000. The van der Waals surface area contributed by atoms with Crippen molar-refractivity contribution in [2.24, 2.45) is 12.8 Å². The van der Waals surface area contributed by atoms with Crippen molar-refractivity contribution in [3.63, 3.8) is 0 Å². The number of nitrogens with zero attached hydrogens (tertiary/aromatic N) is 2. The fourth-order valence-corrected chi connectivity index (χ4v) is 2.35. The van der Waals surface area contributed by atoms with Gasteiger partial charge in [0.15, 0.2) is 0 Å². The molecule has 0 saturated heterocycles. The third-order valence-electron chi connectivity index (χ3n) is 3.71. The number of carbonyl (C=O) groups is 1. The van der Waals surface area contributed by atoms with Crippen LogP contribution in [0.2, 0.25) is 0 Å². The first kappa shape index (κ1) is 14.1. The molecular weight excluding hydrogens is 252 g/mol. The minimum Gasteiger partial charge on any atom is -0.381 e. The largest absolute Gasteiger partial charge is 0.381 e. The van der Waals surface area contributed by atoms with Crippen molar-refractivity contribution >= 4 is 11.6 Å². The molecule has 3 N–H and O–H groups in total. The van der Waals surface area contributed by atoms with Gasteiger partial charge in [0.05, 0.1) is 5.69 Å². The SMILES string of the molecule is Cc1nn(C)c(C)c1CNc1cccc(C(N)=O)c1C. The summed E-state index contributed by atoms with van der Waals surface area (Å²) in [6.07, 6.45) is 0. The second-order valence-corrected chi connectivity index (χ2v) is 4.97. The van der Waals surface area contributed by atoms with Crippen molar-refractivity contribution in [3.05, 3.63) is 46.3 Å². The monoisotopic (exact) mass is 272 g/mol. The summed E-state index contributed by atoms with van der Waals surface area (Å²) in [5.41, 5.74) is 11.0. The van der Waals surface area contributed by atoms with Gasteiger partial charge in [-0.05, 0) is 38.5 Å². The third kappa shape index (κ3) is 2.52. The summed E-state index contributed by atoms with van der Waals surface area (Å²) in [4.78, 5) is 11.3. The molecule has 1 amide bonds. The predicted molar refractivity (Wildman–Crippen MR) is 79.7 cm³/mol. The molecule has 5 nitrogen and oxygen atoms in total. The van der Waals surface area contributed by atoms with Crippen molar-refractivity contribution in [1.82, 2.24) is 9.78 Å². The number of aryl methyl sites for hydroxylation is 2. The molecule has 0 saturated carbocycles. The van der Waals surface area contributed by atoms with Gasteiger partial charge in [0.2, 0.25) is 5.91 Å². The number of benzene rings is 1. The van der Waals surface area contributed by atoms with Crippen molar-refractivity contribution in [3.8, 4) is 0 Å². The minimum atomic E-state index is -0.403. The number of aromatic nitrogens is 2. The number of hydrogen-bond donors (Lipinski definition) is 2. The Bertz CT molecular complexity index is 658. The molecule has 0 spiro atoms. The van der Waals surface area contributed by atoms with E-state index >= 15 is 0 Å². The van der Waals surface area contributed by atoms with Crippen LogP contribution in [0.15, 0.2) is 18.2 Å². The van der Waals surface area contributed by atoms with Gasteiger partial charge < -0.3 is 11.1 Å². The van der Waals surface area contributed by atoms with Crippen LogP contribution in [0, 0.1) is 20.8 Å². The molecule has 0 atom stereocenters. The van der Waals surface area contributed by atoms with Gasteiger partial charge in [-0.3, -0.25) is 9.48 Å². The molecule has 0 fully saturated rings. The number of anilines is 1. The van der Waals surface area contributed by atoms with Gasteiger partial charge in [-0.2, -0.15) is 5.10 Å². The normalized spacial score (nSPS) is 10.6. The highest BCUT2D eigenvalue weighted by molar-refractivity contribution is 5.95. The fourth-order valence-electron chi connectivity index (χ4n) is 2.35. The lowest BCUT2D eigenvalue weighted by atomic mass is 10.1. The third-order valence-corrected chi connectivity index (χ3v) is 3.71. The Morgan fingerprint density at radius 1 is 1.35 bits per heavy atom. The van der Waals surface area contributed by atoms with Gasteiger partial charge in [0.1, 0.15) is 0 Å². The summed E-state index contributed by atoms with van der Waals surface area (Å²) in [7, 11) is 1.94. The van der Waals surface area contributed by atoms with Gasteiger partial charge >= 0.3 is 0 Å². The zero-order chi connectivity index (χ0) is 14.9. The van der Waals surface area contributed by atoms with Crippen molar-refractivity contribution in [1.29, 1.82) is 0 Å². The van der Waals surface area contributed by atoms with E-state index in [2.05, 4.69) is 10.4 Å². The lowest BCUT2D eigenvalue weighted by Gasteiger charge is -2.12. The number of nitrogens with one attached hydrogen (secondary N) is 1. The number of primary amides is 1. The highest BCUT2D eigenvalue weighted by Gasteiger charge is 2.11. The van der Waals surface area contributed by atoms with Crippen molar-refractivity contribution < 1.29 is 4.79 Å². The van der Waals surface area contributed by atoms with E-state index in [1.54, 1.807) is 6.07 Å². The van der Waals surface area contributed by atoms with Crippen LogP contribution < -0.4 is 11.1 Å². The Balaban J connectivity index is 2.23. The quantitative estimate of drug-likeness (QED) is 0.894. The van der Waals surface area contributed by atoms with Crippen LogP contribution in [0.4, 0.5) is 5.69 Å². The predicted octanol–water partition coefficient (Wildman–Crippen LogP) is 2.06. The zero-order valence-corrected chi connectivity index (χ0v) is 12.3. The molecule has 106 valence electrons. The molecule has 2 aromatic rings. The zero-order valence-electron chi connectivity index (χ0n) is 12.3. The Morgan fingerprint density at radius 2 is 2.05 bits per heavy atom. The van der Waals surface area contributed by atoms with Gasteiger partial charge in [-0.25, -0.2) is 0 Å². The van der Waals surface area contributed by atoms with E-state index in [1.807, 2.05) is 44.6 Å². The maximum Gasteiger partial charge on any atom is 0.249 e. The van der Waals surface area contributed by atoms with E-state index < -0.39 is 5.91 Å². The van der Waals surface area contributed by atoms with Crippen LogP contribution in [0.3, 0.4) is 0 Å². The van der Waals surface area contributed by atoms with E-state index in [9.17, 15) is 4.79 Å². The van der Waals surface area contributed by atoms with E-state index in [4.69, 9.17) is 5.73 Å². The van der Waals surface area contributed by atoms with Crippen molar-refractivity contribution in [2.45, 2.75) is 27.3 Å². The molecule has 0 aliphatic carbocycles. The maximum atomic E-state index is 11.3. The summed E-state index contributed by atoms with van der Waals surface area (Å²) >= 11 is 0. The summed E-state index contributed by atoms with van der Waals surface area (Å²) in [6, 6.07) is 5.52. The van der Waals surface area contributed by atoms with Crippen LogP contribution >= 0.6 is 0 Å². The average molecular weight is 272 g/mol. The highest BCUT2D eigenvalue weighted by Crippen LogP contribution is 2.21. The molecule has 0 bridgehead atoms. The molecule has 5 heteroatoms. The molecule has 1 heterocycles. The Hall–Kier alpha value is -2.30. The molecule has 0 aliphatic rings. The number of amides is 1. The van der Waals surface area contributed by atoms with E-state index in [0.29, 0.717) is 12.1 Å². The van der Waals surface area contributed by atoms with Crippen LogP contribution in [-0.4, -0.2) is 15.7 Å². The van der Waals surface area contributed by atoms with Crippen LogP contribution in [0.5, 0.6) is 0 Å². The van der Waals surface area contributed by atoms with Gasteiger partial charge in [0.25, 0.3) is 0 Å². The second kappa shape index (κ2) is 5.36. The Kier molecular flexibility index (Phi) is 3.79. The molecule has 1 aromatic heterocycles. The first-order valence-corrected chi connectivity index (χ1v) is 6.54. The summed E-state index contributed by atoms with van der Waals surface area (Å²) in [5.74, 6) is -0.403. The van der Waals surface area contributed by atoms with Crippen LogP contribution in [0.25, 0.3) is 0 Å². The standard InChI is InChI=1S/C15H20N4O/c1-9-12(15(16)20)6-5-7-14(9)17-8-13-10(2)18-19(4)11(13)3/h5-7,17H,8H2,1-4H3,(H2,16,20). The highest BCUT2D eigenvalue weighted by atomic mass is 16.1. The summed E-state index contributed by atoms with van der Waals surface area (Å²) in [5, 5.41) is 7.75. The first-order chi connectivity index (χ1) is 9.41. The summed E-state index contributed by atoms with van der Waals surface area (Å²) in [6.45, 7) is 6.61. The topological polar surface area (TPSA) is 72.9 Å². The maximum absolute atomic E-state index is 11.3. The number of rotatable bonds is 4. The van der Waals surface area contributed by atoms with Gasteiger partial charge in [-0.15, -0.1) is 0 Å². The van der Waals surface area contributed by atoms with Crippen LogP contribution in [-0.2, 0) is 13.6 Å². The van der Waals surface area contributed by atoms with Gasteiger partial charge in [0, 0.05) is 36.1 Å². The average Bonchev–Trinajstić information content (AvgIpc) is 2.62.